The van der Waals surface area contributed by atoms with Crippen molar-refractivity contribution in [2.24, 2.45) is 0 Å². The first-order valence-corrected chi connectivity index (χ1v) is 10.00. The minimum Gasteiger partial charge on any atom is -0.491 e. The first kappa shape index (κ1) is 17.9. The summed E-state index contributed by atoms with van der Waals surface area (Å²) in [5, 5.41) is 3.09. The summed E-state index contributed by atoms with van der Waals surface area (Å²) in [6.07, 6.45) is 2.65. The molecule has 0 saturated carbocycles. The van der Waals surface area contributed by atoms with E-state index in [1.165, 1.54) is 5.56 Å². The van der Waals surface area contributed by atoms with Crippen LogP contribution in [0.4, 0.5) is 0 Å². The van der Waals surface area contributed by atoms with Crippen LogP contribution in [0.5, 0.6) is 5.75 Å². The molecule has 1 aromatic heterocycles. The molecule has 0 bridgehead atoms. The molecule has 148 valence electrons. The average molecular weight is 388 g/mol. The summed E-state index contributed by atoms with van der Waals surface area (Å²) in [5.41, 5.74) is 2.87. The van der Waals surface area contributed by atoms with Gasteiger partial charge in [0.15, 0.2) is 0 Å². The van der Waals surface area contributed by atoms with Crippen LogP contribution in [0.2, 0.25) is 0 Å². The van der Waals surface area contributed by atoms with Gasteiger partial charge in [0.1, 0.15) is 23.9 Å². The highest BCUT2D eigenvalue weighted by atomic mass is 16.5. The Morgan fingerprint density at radius 3 is 2.79 bits per heavy atom. The van der Waals surface area contributed by atoms with E-state index in [0.29, 0.717) is 18.8 Å². The maximum Gasteiger partial charge on any atom is 0.271 e. The molecule has 1 amide bonds. The van der Waals surface area contributed by atoms with Crippen LogP contribution in [0.3, 0.4) is 0 Å². The summed E-state index contributed by atoms with van der Waals surface area (Å²) in [6, 6.07) is 18.7. The van der Waals surface area contributed by atoms with Crippen molar-refractivity contribution in [2.45, 2.75) is 31.6 Å². The highest BCUT2D eigenvalue weighted by Gasteiger charge is 2.28. The van der Waals surface area contributed by atoms with Gasteiger partial charge in [-0.3, -0.25) is 9.69 Å². The first-order chi connectivity index (χ1) is 14.2. The summed E-state index contributed by atoms with van der Waals surface area (Å²) < 4.78 is 7.89. The van der Waals surface area contributed by atoms with Crippen LogP contribution in [-0.4, -0.2) is 40.1 Å². The van der Waals surface area contributed by atoms with Crippen LogP contribution in [-0.2, 0) is 19.5 Å². The molecule has 0 spiro atoms. The molecule has 2 atom stereocenters. The van der Waals surface area contributed by atoms with Gasteiger partial charge in [-0.15, -0.1) is 0 Å². The number of hydrogen-bond donors (Lipinski definition) is 1. The Labute approximate surface area is 170 Å². The van der Waals surface area contributed by atoms with Crippen molar-refractivity contribution >= 4 is 5.91 Å². The van der Waals surface area contributed by atoms with Crippen molar-refractivity contribution in [2.75, 3.05) is 13.7 Å². The summed E-state index contributed by atoms with van der Waals surface area (Å²) in [4.78, 5) is 19.7. The smallest absolute Gasteiger partial charge is 0.271 e. The molecule has 0 radical (unpaired) electrons. The topological polar surface area (TPSA) is 59.4 Å². The predicted molar refractivity (Wildman–Crippen MR) is 110 cm³/mol. The normalized spacial score (nSPS) is 21.0. The third-order valence-corrected chi connectivity index (χ3v) is 5.78. The van der Waals surface area contributed by atoms with E-state index in [9.17, 15) is 4.79 Å². The fourth-order valence-electron chi connectivity index (χ4n) is 4.22. The number of rotatable bonds is 3. The third-order valence-electron chi connectivity index (χ3n) is 5.78. The fourth-order valence-corrected chi connectivity index (χ4v) is 4.22. The number of nitrogens with zero attached hydrogens (tertiary/aromatic N) is 3. The highest BCUT2D eigenvalue weighted by molar-refractivity contribution is 5.92. The van der Waals surface area contributed by atoms with Crippen LogP contribution in [0.25, 0.3) is 0 Å². The van der Waals surface area contributed by atoms with E-state index < -0.39 is 0 Å². The molecule has 1 N–H and O–H groups in total. The number of carbonyl (C=O) groups excluding carboxylic acids is 1. The first-order valence-electron chi connectivity index (χ1n) is 10.00. The Morgan fingerprint density at radius 1 is 1.14 bits per heavy atom. The Hall–Kier alpha value is -3.12. The van der Waals surface area contributed by atoms with E-state index in [2.05, 4.69) is 51.1 Å². The largest absolute Gasteiger partial charge is 0.491 e. The number of nitrogens with one attached hydrogen (secondary N) is 1. The second-order valence-electron chi connectivity index (χ2n) is 7.83. The second-order valence-corrected chi connectivity index (χ2v) is 7.83. The Morgan fingerprint density at radius 2 is 1.93 bits per heavy atom. The molecule has 6 heteroatoms. The van der Waals surface area contributed by atoms with Gasteiger partial charge in [0, 0.05) is 12.7 Å². The summed E-state index contributed by atoms with van der Waals surface area (Å²) in [6.45, 7) is 1.98. The molecule has 0 aliphatic carbocycles. The molecule has 5 rings (SSSR count). The van der Waals surface area contributed by atoms with Crippen LogP contribution < -0.4 is 10.1 Å². The number of aromatic nitrogens is 2. The number of likely N-dealkylation sites (N-methyl/N-ethyl adjacent to an activating group) is 1. The number of para-hydroxylation sites is 1. The molecule has 2 aliphatic heterocycles. The SMILES string of the molecule is CN1Cc2nc(C(=O)NC3COc4ccccc4C3)cn2CC1c1ccccc1. The standard InChI is InChI=1S/C23H24N4O2/c1-26-14-22-25-19(12-27(22)13-20(26)16-7-3-2-4-8-16)23(28)24-18-11-17-9-5-6-10-21(17)29-15-18/h2-10,12,18,20H,11,13-15H2,1H3,(H,24,28). The number of hydrogen-bond acceptors (Lipinski definition) is 4. The van der Waals surface area contributed by atoms with Gasteiger partial charge in [-0.1, -0.05) is 48.5 Å². The molecule has 2 unspecified atom stereocenters. The highest BCUT2D eigenvalue weighted by Crippen LogP contribution is 2.28. The Bertz CT molecular complexity index is 1030. The van der Waals surface area contributed by atoms with Crippen LogP contribution in [0, 0.1) is 0 Å². The van der Waals surface area contributed by atoms with Crippen molar-refractivity contribution in [3.05, 3.63) is 83.4 Å². The molecule has 2 aromatic carbocycles. The van der Waals surface area contributed by atoms with E-state index in [4.69, 9.17) is 4.74 Å². The van der Waals surface area contributed by atoms with Gasteiger partial charge in [0.25, 0.3) is 5.91 Å². The average Bonchev–Trinajstić information content (AvgIpc) is 3.17. The monoisotopic (exact) mass is 388 g/mol. The van der Waals surface area contributed by atoms with Crippen LogP contribution >= 0.6 is 0 Å². The number of ether oxygens (including phenoxy) is 1. The van der Waals surface area contributed by atoms with E-state index in [0.717, 1.165) is 30.1 Å². The number of fused-ring (bicyclic) bond motifs is 2. The van der Waals surface area contributed by atoms with Crippen molar-refractivity contribution < 1.29 is 9.53 Å². The van der Waals surface area contributed by atoms with E-state index in [1.54, 1.807) is 0 Å². The number of amides is 1. The minimum absolute atomic E-state index is 0.0455. The van der Waals surface area contributed by atoms with Crippen LogP contribution in [0.1, 0.15) is 33.5 Å². The number of benzene rings is 2. The maximum absolute atomic E-state index is 12.8. The third kappa shape index (κ3) is 3.51. The lowest BCUT2D eigenvalue weighted by Gasteiger charge is -2.33. The van der Waals surface area contributed by atoms with Gasteiger partial charge >= 0.3 is 0 Å². The van der Waals surface area contributed by atoms with Gasteiger partial charge in [-0.25, -0.2) is 4.98 Å². The second kappa shape index (κ2) is 7.37. The predicted octanol–water partition coefficient (Wildman–Crippen LogP) is 2.80. The fraction of sp³-hybridized carbons (Fsp3) is 0.304. The molecule has 0 saturated heterocycles. The van der Waals surface area contributed by atoms with E-state index in [-0.39, 0.29) is 18.0 Å². The quantitative estimate of drug-likeness (QED) is 0.750. The van der Waals surface area contributed by atoms with E-state index in [1.807, 2.05) is 36.5 Å². The lowest BCUT2D eigenvalue weighted by Crippen LogP contribution is -2.42. The maximum atomic E-state index is 12.8. The van der Waals surface area contributed by atoms with Crippen molar-refractivity contribution in [3.8, 4) is 5.75 Å². The van der Waals surface area contributed by atoms with Crippen LogP contribution in [0.15, 0.2) is 60.8 Å². The van der Waals surface area contributed by atoms with E-state index >= 15 is 0 Å². The van der Waals surface area contributed by atoms with Gasteiger partial charge in [-0.05, 0) is 30.7 Å². The van der Waals surface area contributed by atoms with Gasteiger partial charge in [0.2, 0.25) is 0 Å². The zero-order valence-electron chi connectivity index (χ0n) is 16.4. The molecule has 29 heavy (non-hydrogen) atoms. The molecular formula is C23H24N4O2. The Balaban J connectivity index is 1.29. The van der Waals surface area contributed by atoms with Gasteiger partial charge < -0.3 is 14.6 Å². The zero-order valence-corrected chi connectivity index (χ0v) is 16.4. The molecule has 6 nitrogen and oxygen atoms in total. The minimum atomic E-state index is -0.140. The van der Waals surface area contributed by atoms with Crippen molar-refractivity contribution in [1.82, 2.24) is 19.8 Å². The summed E-state index contributed by atoms with van der Waals surface area (Å²) >= 11 is 0. The van der Waals surface area contributed by atoms with Gasteiger partial charge in [-0.2, -0.15) is 0 Å². The zero-order chi connectivity index (χ0) is 19.8. The molecule has 3 heterocycles. The number of imidazole rings is 1. The molecule has 0 fully saturated rings. The van der Waals surface area contributed by atoms with Crippen molar-refractivity contribution in [3.63, 3.8) is 0 Å². The van der Waals surface area contributed by atoms with Crippen molar-refractivity contribution in [1.29, 1.82) is 0 Å². The lowest BCUT2D eigenvalue weighted by atomic mass is 10.0. The molecule has 2 aliphatic rings. The van der Waals surface area contributed by atoms with Gasteiger partial charge in [0.05, 0.1) is 18.6 Å². The lowest BCUT2D eigenvalue weighted by molar-refractivity contribution is 0.0910. The number of carbonyl (C=O) groups is 1. The Kier molecular flexibility index (Phi) is 4.56. The summed E-state index contributed by atoms with van der Waals surface area (Å²) in [5.74, 6) is 1.69. The summed E-state index contributed by atoms with van der Waals surface area (Å²) in [7, 11) is 2.10. The molecular weight excluding hydrogens is 364 g/mol. The molecule has 3 aromatic rings.